The number of benzene rings is 2. The van der Waals surface area contributed by atoms with E-state index < -0.39 is 0 Å². The van der Waals surface area contributed by atoms with Crippen molar-refractivity contribution in [3.63, 3.8) is 0 Å². The van der Waals surface area contributed by atoms with E-state index in [-0.39, 0.29) is 23.0 Å². The van der Waals surface area contributed by atoms with Crippen molar-refractivity contribution >= 4 is 46.4 Å². The first-order valence-corrected chi connectivity index (χ1v) is 10.5. The monoisotopic (exact) mass is 408 g/mol. The van der Waals surface area contributed by atoms with E-state index in [1.54, 1.807) is 24.3 Å². The van der Waals surface area contributed by atoms with E-state index in [0.29, 0.717) is 27.4 Å². The smallest absolute Gasteiger partial charge is 0.272 e. The summed E-state index contributed by atoms with van der Waals surface area (Å²) in [5, 5.41) is 2.86. The Balaban J connectivity index is 2.01. The number of rotatable bonds is 6. The highest BCUT2D eigenvalue weighted by atomic mass is 32.2. The molecular formula is C23H24N2O3S. The molecule has 3 rings (SSSR count). The number of aryl methyl sites for hydroxylation is 1. The van der Waals surface area contributed by atoms with Gasteiger partial charge in [0.15, 0.2) is 0 Å². The Bertz CT molecular complexity index is 976. The number of imide groups is 1. The van der Waals surface area contributed by atoms with Gasteiger partial charge in [-0.05, 0) is 41.8 Å². The van der Waals surface area contributed by atoms with Gasteiger partial charge in [0.2, 0.25) is 5.91 Å². The molecule has 2 aromatic carbocycles. The molecule has 0 aromatic heterocycles. The zero-order valence-electron chi connectivity index (χ0n) is 17.0. The molecule has 0 aliphatic carbocycles. The zero-order valence-corrected chi connectivity index (χ0v) is 17.8. The maximum Gasteiger partial charge on any atom is 0.272 e. The van der Waals surface area contributed by atoms with Gasteiger partial charge in [0.1, 0.15) is 0 Å². The highest BCUT2D eigenvalue weighted by Crippen LogP contribution is 2.40. The molecule has 0 atom stereocenters. The Morgan fingerprint density at radius 1 is 1.00 bits per heavy atom. The van der Waals surface area contributed by atoms with Crippen LogP contribution in [0.4, 0.5) is 11.4 Å². The first-order chi connectivity index (χ1) is 13.8. The number of thioether (sulfide) groups is 1. The van der Waals surface area contributed by atoms with Gasteiger partial charge in [-0.25, -0.2) is 4.90 Å². The highest BCUT2D eigenvalue weighted by molar-refractivity contribution is 8.04. The normalized spacial score (nSPS) is 14.2. The van der Waals surface area contributed by atoms with Crippen molar-refractivity contribution in [2.45, 2.75) is 39.4 Å². The fourth-order valence-electron chi connectivity index (χ4n) is 3.15. The van der Waals surface area contributed by atoms with Crippen LogP contribution in [0.1, 0.15) is 38.8 Å². The molecule has 150 valence electrons. The number of anilines is 2. The molecule has 0 fully saturated rings. The molecule has 5 nitrogen and oxygen atoms in total. The van der Waals surface area contributed by atoms with Crippen LogP contribution in [0.3, 0.4) is 0 Å². The molecule has 6 heteroatoms. The van der Waals surface area contributed by atoms with Crippen LogP contribution in [-0.2, 0) is 20.8 Å². The summed E-state index contributed by atoms with van der Waals surface area (Å²) >= 11 is 1.40. The Labute approximate surface area is 175 Å². The lowest BCUT2D eigenvalue weighted by molar-refractivity contribution is -0.120. The van der Waals surface area contributed by atoms with Gasteiger partial charge < -0.3 is 5.32 Å². The van der Waals surface area contributed by atoms with Gasteiger partial charge in [0.25, 0.3) is 11.8 Å². The van der Waals surface area contributed by atoms with E-state index >= 15 is 0 Å². The molecule has 0 saturated heterocycles. The second-order valence-electron chi connectivity index (χ2n) is 7.09. The van der Waals surface area contributed by atoms with Crippen LogP contribution < -0.4 is 10.2 Å². The minimum atomic E-state index is -0.324. The summed E-state index contributed by atoms with van der Waals surface area (Å²) in [4.78, 5) is 39.4. The van der Waals surface area contributed by atoms with Gasteiger partial charge in [-0.15, -0.1) is 11.8 Å². The summed E-state index contributed by atoms with van der Waals surface area (Å²) in [6.07, 6.45) is 0.890. The van der Waals surface area contributed by atoms with Crippen molar-refractivity contribution in [3.05, 3.63) is 64.6 Å². The highest BCUT2D eigenvalue weighted by Gasteiger charge is 2.40. The fraction of sp³-hybridized carbons (Fsp3) is 0.261. The molecule has 3 amide bonds. The van der Waals surface area contributed by atoms with Gasteiger partial charge in [0.05, 0.1) is 16.2 Å². The quantitative estimate of drug-likeness (QED) is 0.708. The first-order valence-electron chi connectivity index (χ1n) is 9.58. The lowest BCUT2D eigenvalue weighted by atomic mass is 10.1. The Morgan fingerprint density at radius 3 is 2.14 bits per heavy atom. The maximum absolute atomic E-state index is 13.3. The molecule has 2 aromatic rings. The summed E-state index contributed by atoms with van der Waals surface area (Å²) in [5.74, 6) is -0.782. The van der Waals surface area contributed by atoms with Crippen LogP contribution >= 0.6 is 11.8 Å². The van der Waals surface area contributed by atoms with Crippen LogP contribution in [-0.4, -0.2) is 23.0 Å². The van der Waals surface area contributed by atoms with Crippen molar-refractivity contribution in [1.29, 1.82) is 0 Å². The Kier molecular flexibility index (Phi) is 6.23. The van der Waals surface area contributed by atoms with E-state index in [9.17, 15) is 14.4 Å². The molecule has 0 radical (unpaired) electrons. The molecule has 1 aliphatic heterocycles. The molecular weight excluding hydrogens is 384 g/mol. The van der Waals surface area contributed by atoms with Gasteiger partial charge >= 0.3 is 0 Å². The summed E-state index contributed by atoms with van der Waals surface area (Å²) in [6, 6.07) is 14.5. The van der Waals surface area contributed by atoms with E-state index in [1.807, 2.05) is 38.1 Å². The summed E-state index contributed by atoms with van der Waals surface area (Å²) in [7, 11) is 0. The molecule has 0 spiro atoms. The minimum Gasteiger partial charge on any atom is -0.326 e. The number of hydrogen-bond donors (Lipinski definition) is 1. The van der Waals surface area contributed by atoms with E-state index in [4.69, 9.17) is 0 Å². The average molecular weight is 409 g/mol. The van der Waals surface area contributed by atoms with Gasteiger partial charge in [-0.2, -0.15) is 0 Å². The van der Waals surface area contributed by atoms with Crippen molar-refractivity contribution in [2.24, 2.45) is 0 Å². The topological polar surface area (TPSA) is 66.5 Å². The SMILES string of the molecule is CCc1ccc(N2C(=O)C(SC(C)C)=C(c3ccc(NC(C)=O)cc3)C2=O)cc1. The Morgan fingerprint density at radius 2 is 1.62 bits per heavy atom. The van der Waals surface area contributed by atoms with Crippen LogP contribution in [0.25, 0.3) is 5.57 Å². The molecule has 29 heavy (non-hydrogen) atoms. The third-order valence-corrected chi connectivity index (χ3v) is 5.58. The predicted octanol–water partition coefficient (Wildman–Crippen LogP) is 4.63. The van der Waals surface area contributed by atoms with Crippen molar-refractivity contribution in [1.82, 2.24) is 0 Å². The lowest BCUT2D eigenvalue weighted by Gasteiger charge is -2.16. The van der Waals surface area contributed by atoms with Crippen LogP contribution in [0, 0.1) is 0 Å². The maximum atomic E-state index is 13.3. The molecule has 1 N–H and O–H groups in total. The lowest BCUT2D eigenvalue weighted by Crippen LogP contribution is -2.31. The van der Waals surface area contributed by atoms with Crippen molar-refractivity contribution < 1.29 is 14.4 Å². The minimum absolute atomic E-state index is 0.151. The number of nitrogens with zero attached hydrogens (tertiary/aromatic N) is 1. The number of amides is 3. The van der Waals surface area contributed by atoms with Gasteiger partial charge in [0, 0.05) is 17.9 Å². The van der Waals surface area contributed by atoms with Crippen LogP contribution in [0.15, 0.2) is 53.4 Å². The molecule has 1 aliphatic rings. The van der Waals surface area contributed by atoms with E-state index in [1.165, 1.54) is 23.6 Å². The van der Waals surface area contributed by atoms with Gasteiger partial charge in [-0.3, -0.25) is 14.4 Å². The number of nitrogens with one attached hydrogen (secondary N) is 1. The second kappa shape index (κ2) is 8.66. The molecule has 0 saturated carbocycles. The summed E-state index contributed by atoms with van der Waals surface area (Å²) < 4.78 is 0. The largest absolute Gasteiger partial charge is 0.326 e. The number of hydrogen-bond acceptors (Lipinski definition) is 4. The summed E-state index contributed by atoms with van der Waals surface area (Å²) in [5.41, 5.74) is 3.43. The molecule has 1 heterocycles. The van der Waals surface area contributed by atoms with Crippen molar-refractivity contribution in [2.75, 3.05) is 10.2 Å². The van der Waals surface area contributed by atoms with Crippen molar-refractivity contribution in [3.8, 4) is 0 Å². The molecule has 0 bridgehead atoms. The second-order valence-corrected chi connectivity index (χ2v) is 8.68. The van der Waals surface area contributed by atoms with E-state index in [2.05, 4.69) is 12.2 Å². The van der Waals surface area contributed by atoms with Crippen LogP contribution in [0.2, 0.25) is 0 Å². The number of carbonyl (C=O) groups is 3. The number of carbonyl (C=O) groups excluding carboxylic acids is 3. The summed E-state index contributed by atoms with van der Waals surface area (Å²) in [6.45, 7) is 7.48. The third-order valence-electron chi connectivity index (χ3n) is 4.49. The Hall–Kier alpha value is -2.86. The van der Waals surface area contributed by atoms with Crippen LogP contribution in [0.5, 0.6) is 0 Å². The van der Waals surface area contributed by atoms with E-state index in [0.717, 1.165) is 12.0 Å². The predicted molar refractivity (Wildman–Crippen MR) is 119 cm³/mol. The third kappa shape index (κ3) is 4.43. The standard InChI is InChI=1S/C23H24N2O3S/c1-5-16-6-12-19(13-7-16)25-22(27)20(21(23(25)28)29-14(2)3)17-8-10-18(11-9-17)24-15(4)26/h6-14H,5H2,1-4H3,(H,24,26). The van der Waals surface area contributed by atoms with Gasteiger partial charge in [-0.1, -0.05) is 45.0 Å². The molecule has 0 unspecified atom stereocenters. The zero-order chi connectivity index (χ0) is 21.1. The first kappa shape index (κ1) is 20.9. The fourth-order valence-corrected chi connectivity index (χ4v) is 4.13. The average Bonchev–Trinajstić information content (AvgIpc) is 2.91.